The molecule has 1 aliphatic rings. The van der Waals surface area contributed by atoms with E-state index in [1.165, 1.54) is 19.9 Å². The maximum atomic E-state index is 11.9. The standard InChI is InChI=1S/C18H16O5/c1-11-4-6-12(7-5-11)15-9-8-13(21-15)10-14-16(19)22-18(2,3)23-17(14)20/h4-10H,1-3H3. The molecule has 2 aromatic rings. The Morgan fingerprint density at radius 2 is 1.52 bits per heavy atom. The first-order valence-electron chi connectivity index (χ1n) is 7.19. The topological polar surface area (TPSA) is 65.7 Å². The summed E-state index contributed by atoms with van der Waals surface area (Å²) in [6.07, 6.45) is 1.33. The normalized spacial score (nSPS) is 16.7. The molecule has 2 heterocycles. The molecule has 1 aromatic carbocycles. The maximum absolute atomic E-state index is 11.9. The number of esters is 2. The Labute approximate surface area is 133 Å². The molecule has 1 aliphatic heterocycles. The zero-order valence-electron chi connectivity index (χ0n) is 13.1. The summed E-state index contributed by atoms with van der Waals surface area (Å²) in [7, 11) is 0. The van der Waals surface area contributed by atoms with Gasteiger partial charge in [0.2, 0.25) is 0 Å². The third-order valence-corrected chi connectivity index (χ3v) is 3.37. The van der Waals surface area contributed by atoms with E-state index in [1.54, 1.807) is 12.1 Å². The van der Waals surface area contributed by atoms with Crippen LogP contribution in [-0.2, 0) is 19.1 Å². The highest BCUT2D eigenvalue weighted by atomic mass is 16.7. The van der Waals surface area contributed by atoms with Gasteiger partial charge in [0.25, 0.3) is 5.79 Å². The molecule has 3 rings (SSSR count). The first-order valence-corrected chi connectivity index (χ1v) is 7.19. The van der Waals surface area contributed by atoms with Crippen molar-refractivity contribution in [1.29, 1.82) is 0 Å². The van der Waals surface area contributed by atoms with Gasteiger partial charge in [-0.25, -0.2) is 9.59 Å². The van der Waals surface area contributed by atoms with Crippen LogP contribution >= 0.6 is 0 Å². The van der Waals surface area contributed by atoms with Crippen LogP contribution in [0.1, 0.15) is 25.2 Å². The highest BCUT2D eigenvalue weighted by Gasteiger charge is 2.39. The number of aryl methyl sites for hydroxylation is 1. The summed E-state index contributed by atoms with van der Waals surface area (Å²) in [5, 5.41) is 0. The molecular formula is C18H16O5. The molecule has 23 heavy (non-hydrogen) atoms. The van der Waals surface area contributed by atoms with Crippen LogP contribution in [0.5, 0.6) is 0 Å². The van der Waals surface area contributed by atoms with E-state index in [-0.39, 0.29) is 5.57 Å². The van der Waals surface area contributed by atoms with Gasteiger partial charge in [0.05, 0.1) is 0 Å². The molecule has 5 heteroatoms. The number of ether oxygens (including phenoxy) is 2. The number of rotatable bonds is 2. The van der Waals surface area contributed by atoms with Crippen LogP contribution in [0.3, 0.4) is 0 Å². The lowest BCUT2D eigenvalue weighted by Crippen LogP contribution is -2.41. The number of benzene rings is 1. The van der Waals surface area contributed by atoms with Crippen LogP contribution in [-0.4, -0.2) is 17.7 Å². The van der Waals surface area contributed by atoms with E-state index in [0.29, 0.717) is 11.5 Å². The second kappa shape index (κ2) is 5.43. The number of carbonyl (C=O) groups is 2. The molecule has 0 spiro atoms. The molecule has 0 N–H and O–H groups in total. The summed E-state index contributed by atoms with van der Waals surface area (Å²) >= 11 is 0. The largest absolute Gasteiger partial charge is 0.457 e. The highest BCUT2D eigenvalue weighted by molar-refractivity contribution is 6.18. The van der Waals surface area contributed by atoms with E-state index >= 15 is 0 Å². The fraction of sp³-hybridized carbons (Fsp3) is 0.222. The minimum atomic E-state index is -1.25. The number of hydrogen-bond acceptors (Lipinski definition) is 5. The molecule has 1 aromatic heterocycles. The summed E-state index contributed by atoms with van der Waals surface area (Å²) in [4.78, 5) is 23.8. The monoisotopic (exact) mass is 312 g/mol. The Morgan fingerprint density at radius 3 is 2.13 bits per heavy atom. The molecule has 0 aliphatic carbocycles. The van der Waals surface area contributed by atoms with E-state index in [9.17, 15) is 9.59 Å². The second-order valence-electron chi connectivity index (χ2n) is 5.80. The van der Waals surface area contributed by atoms with Crippen molar-refractivity contribution in [2.75, 3.05) is 0 Å². The van der Waals surface area contributed by atoms with Gasteiger partial charge in [0.15, 0.2) is 0 Å². The minimum Gasteiger partial charge on any atom is -0.457 e. The van der Waals surface area contributed by atoms with E-state index in [4.69, 9.17) is 13.9 Å². The predicted molar refractivity (Wildman–Crippen MR) is 83.1 cm³/mol. The molecule has 0 atom stereocenters. The summed E-state index contributed by atoms with van der Waals surface area (Å²) in [5.74, 6) is -1.67. The van der Waals surface area contributed by atoms with Gasteiger partial charge >= 0.3 is 11.9 Å². The number of furan rings is 1. The first kappa shape index (κ1) is 15.1. The summed E-state index contributed by atoms with van der Waals surface area (Å²) < 4.78 is 15.8. The molecular weight excluding hydrogens is 296 g/mol. The molecule has 1 saturated heterocycles. The van der Waals surface area contributed by atoms with Crippen molar-refractivity contribution in [3.63, 3.8) is 0 Å². The molecule has 5 nitrogen and oxygen atoms in total. The van der Waals surface area contributed by atoms with Crippen LogP contribution in [0, 0.1) is 6.92 Å². The fourth-order valence-electron chi connectivity index (χ4n) is 2.22. The Balaban J connectivity index is 1.87. The highest BCUT2D eigenvalue weighted by Crippen LogP contribution is 2.27. The summed E-state index contributed by atoms with van der Waals surface area (Å²) in [5.41, 5.74) is 1.88. The zero-order valence-corrected chi connectivity index (χ0v) is 13.1. The van der Waals surface area contributed by atoms with Gasteiger partial charge in [0.1, 0.15) is 17.1 Å². The molecule has 1 fully saturated rings. The SMILES string of the molecule is Cc1ccc(-c2ccc(C=C3C(=O)OC(C)(C)OC3=O)o2)cc1. The third-order valence-electron chi connectivity index (χ3n) is 3.37. The maximum Gasteiger partial charge on any atom is 0.348 e. The van der Waals surface area contributed by atoms with Crippen molar-refractivity contribution in [1.82, 2.24) is 0 Å². The number of hydrogen-bond donors (Lipinski definition) is 0. The van der Waals surface area contributed by atoms with Gasteiger partial charge < -0.3 is 13.9 Å². The smallest absolute Gasteiger partial charge is 0.348 e. The Bertz CT molecular complexity index is 771. The number of cyclic esters (lactones) is 2. The fourth-order valence-corrected chi connectivity index (χ4v) is 2.22. The molecule has 0 amide bonds. The Hall–Kier alpha value is -2.82. The van der Waals surface area contributed by atoms with Crippen molar-refractivity contribution in [2.45, 2.75) is 26.6 Å². The summed E-state index contributed by atoms with van der Waals surface area (Å²) in [6, 6.07) is 11.3. The number of carbonyl (C=O) groups excluding carboxylic acids is 2. The van der Waals surface area contributed by atoms with Gasteiger partial charge in [0, 0.05) is 25.5 Å². The van der Waals surface area contributed by atoms with Crippen molar-refractivity contribution in [2.24, 2.45) is 0 Å². The van der Waals surface area contributed by atoms with E-state index < -0.39 is 17.7 Å². The quantitative estimate of drug-likeness (QED) is 0.482. The zero-order chi connectivity index (χ0) is 16.6. The Kier molecular flexibility index (Phi) is 3.56. The predicted octanol–water partition coefficient (Wildman–Crippen LogP) is 3.47. The van der Waals surface area contributed by atoms with E-state index in [2.05, 4.69) is 0 Å². The van der Waals surface area contributed by atoms with Crippen molar-refractivity contribution in [3.8, 4) is 11.3 Å². The second-order valence-corrected chi connectivity index (χ2v) is 5.80. The van der Waals surface area contributed by atoms with Gasteiger partial charge in [-0.2, -0.15) is 0 Å². The first-order chi connectivity index (χ1) is 10.8. The van der Waals surface area contributed by atoms with Crippen LogP contribution in [0.25, 0.3) is 17.4 Å². The average molecular weight is 312 g/mol. The molecule has 0 unspecified atom stereocenters. The van der Waals surface area contributed by atoms with Crippen molar-refractivity contribution < 1.29 is 23.5 Å². The van der Waals surface area contributed by atoms with E-state index in [1.807, 2.05) is 31.2 Å². The van der Waals surface area contributed by atoms with Crippen LogP contribution < -0.4 is 0 Å². The van der Waals surface area contributed by atoms with Gasteiger partial charge in [-0.3, -0.25) is 0 Å². The van der Waals surface area contributed by atoms with Crippen LogP contribution in [0.4, 0.5) is 0 Å². The lowest BCUT2D eigenvalue weighted by Gasteiger charge is -2.29. The van der Waals surface area contributed by atoms with Gasteiger partial charge in [-0.15, -0.1) is 0 Å². The van der Waals surface area contributed by atoms with Crippen molar-refractivity contribution in [3.05, 3.63) is 53.3 Å². The van der Waals surface area contributed by atoms with Crippen molar-refractivity contribution >= 4 is 18.0 Å². The Morgan fingerprint density at radius 1 is 0.913 bits per heavy atom. The minimum absolute atomic E-state index is 0.186. The molecule has 0 saturated carbocycles. The van der Waals surface area contributed by atoms with Crippen LogP contribution in [0.15, 0.2) is 46.4 Å². The molecule has 0 bridgehead atoms. The molecule has 0 radical (unpaired) electrons. The van der Waals surface area contributed by atoms with Crippen LogP contribution in [0.2, 0.25) is 0 Å². The lowest BCUT2D eigenvalue weighted by molar-refractivity contribution is -0.222. The lowest BCUT2D eigenvalue weighted by atomic mass is 10.1. The van der Waals surface area contributed by atoms with Gasteiger partial charge in [-0.1, -0.05) is 29.8 Å². The van der Waals surface area contributed by atoms with Gasteiger partial charge in [-0.05, 0) is 19.1 Å². The third kappa shape index (κ3) is 3.18. The molecule has 118 valence electrons. The van der Waals surface area contributed by atoms with E-state index in [0.717, 1.165) is 11.1 Å². The average Bonchev–Trinajstić information content (AvgIpc) is 2.91. The summed E-state index contributed by atoms with van der Waals surface area (Å²) in [6.45, 7) is 5.01.